The molecule has 4 rings (SSSR count). The number of fused-ring (bicyclic) bond motifs is 1. The van der Waals surface area contributed by atoms with Gasteiger partial charge in [0.15, 0.2) is 0 Å². The lowest BCUT2D eigenvalue weighted by molar-refractivity contribution is 0.280. The largest absolute Gasteiger partial charge is 0.396 e. The van der Waals surface area contributed by atoms with Crippen LogP contribution in [0.25, 0.3) is 10.9 Å². The molecule has 0 amide bonds. The van der Waals surface area contributed by atoms with Crippen molar-refractivity contribution in [1.82, 2.24) is 20.7 Å². The second kappa shape index (κ2) is 13.6. The van der Waals surface area contributed by atoms with Gasteiger partial charge in [0, 0.05) is 48.5 Å². The van der Waals surface area contributed by atoms with Crippen LogP contribution in [0.1, 0.15) is 49.0 Å². The van der Waals surface area contributed by atoms with Gasteiger partial charge in [0.05, 0.1) is 39.6 Å². The Bertz CT molecular complexity index is 1490. The van der Waals surface area contributed by atoms with E-state index in [1.165, 1.54) is 6.20 Å². The molecular formula is C30H33ClN8O. The third-order valence-electron chi connectivity index (χ3n) is 6.36. The summed E-state index contributed by atoms with van der Waals surface area (Å²) in [4.78, 5) is 8.76. The first-order valence-corrected chi connectivity index (χ1v) is 13.4. The van der Waals surface area contributed by atoms with E-state index in [2.05, 4.69) is 37.4 Å². The summed E-state index contributed by atoms with van der Waals surface area (Å²) in [6.07, 6.45) is 7.27. The molecule has 206 valence electrons. The van der Waals surface area contributed by atoms with Crippen molar-refractivity contribution in [3.8, 4) is 6.07 Å². The average Bonchev–Trinajstić information content (AvgIpc) is 2.97. The molecule has 4 aromatic rings. The highest BCUT2D eigenvalue weighted by molar-refractivity contribution is 6.35. The molecular weight excluding hydrogens is 524 g/mol. The molecule has 9 nitrogen and oxygen atoms in total. The van der Waals surface area contributed by atoms with Crippen molar-refractivity contribution in [3.05, 3.63) is 107 Å². The molecule has 7 N–H and O–H groups in total. The molecule has 0 bridgehead atoms. The standard InChI is InChI=1S/C30H33ClN8O/c1-19(2)35-18-27(39-33)29(21-9-6-11-34-16-21)37-23-13-24-28(22(15-32)17-36-30(24)25(31)14-23)38-26(10-12-40)20-7-4-3-5-8-20/h3-9,11,13-14,16-19,26,29,35,37,39-40H,10,12,33H2,1-2H3,(H,36,38)/b27-18-/t26-,29+/m1/s1. The van der Waals surface area contributed by atoms with Crippen molar-refractivity contribution >= 4 is 33.9 Å². The van der Waals surface area contributed by atoms with Gasteiger partial charge in [0.1, 0.15) is 6.07 Å². The highest BCUT2D eigenvalue weighted by Crippen LogP contribution is 2.37. The van der Waals surface area contributed by atoms with Gasteiger partial charge in [-0.05, 0) is 49.6 Å². The van der Waals surface area contributed by atoms with E-state index in [0.29, 0.717) is 45.0 Å². The maximum Gasteiger partial charge on any atom is 0.103 e. The molecule has 40 heavy (non-hydrogen) atoms. The fraction of sp³-hybridized carbons (Fsp3) is 0.233. The van der Waals surface area contributed by atoms with Crippen LogP contribution in [0.4, 0.5) is 11.4 Å². The molecule has 0 unspecified atom stereocenters. The van der Waals surface area contributed by atoms with Crippen LogP contribution in [0.5, 0.6) is 0 Å². The number of benzene rings is 2. The summed E-state index contributed by atoms with van der Waals surface area (Å²) in [6, 6.07) is 19.1. The highest BCUT2D eigenvalue weighted by Gasteiger charge is 2.21. The van der Waals surface area contributed by atoms with Crippen LogP contribution in [-0.4, -0.2) is 27.7 Å². The molecule has 0 fully saturated rings. The van der Waals surface area contributed by atoms with Crippen LogP contribution < -0.4 is 27.2 Å². The maximum atomic E-state index is 9.96. The quantitative estimate of drug-likeness (QED) is 0.103. The fourth-order valence-electron chi connectivity index (χ4n) is 4.41. The summed E-state index contributed by atoms with van der Waals surface area (Å²) < 4.78 is 0. The molecule has 10 heteroatoms. The predicted octanol–water partition coefficient (Wildman–Crippen LogP) is 5.15. The van der Waals surface area contributed by atoms with Gasteiger partial charge in [0.25, 0.3) is 0 Å². The minimum atomic E-state index is -0.395. The van der Waals surface area contributed by atoms with E-state index in [0.717, 1.165) is 11.1 Å². The van der Waals surface area contributed by atoms with Gasteiger partial charge in [-0.25, -0.2) is 0 Å². The SMILES string of the molecule is CC(C)N/C=C(\NN)[C@@H](Nc1cc(Cl)c2ncc(C#N)c(N[C@H](CCO)c3ccccc3)c2c1)c1cccnc1. The molecule has 0 saturated carbocycles. The smallest absolute Gasteiger partial charge is 0.103 e. The van der Waals surface area contributed by atoms with Crippen molar-refractivity contribution in [2.45, 2.75) is 38.4 Å². The number of aliphatic hydroxyl groups is 1. The molecule has 2 heterocycles. The number of hydrogen-bond donors (Lipinski definition) is 6. The summed E-state index contributed by atoms with van der Waals surface area (Å²) in [7, 11) is 0. The van der Waals surface area contributed by atoms with Gasteiger partial charge < -0.3 is 26.5 Å². The maximum absolute atomic E-state index is 9.96. The van der Waals surface area contributed by atoms with Crippen LogP contribution in [0.15, 0.2) is 85.1 Å². The zero-order chi connectivity index (χ0) is 28.5. The first kappa shape index (κ1) is 28.6. The second-order valence-corrected chi connectivity index (χ2v) is 9.97. The lowest BCUT2D eigenvalue weighted by atomic mass is 10.0. The summed E-state index contributed by atoms with van der Waals surface area (Å²) in [6.45, 7) is 4.05. The number of hydrazine groups is 1. The molecule has 0 radical (unpaired) electrons. The molecule has 2 aromatic carbocycles. The number of aromatic nitrogens is 2. The Kier molecular flexibility index (Phi) is 9.76. The van der Waals surface area contributed by atoms with Crippen LogP contribution in [0.2, 0.25) is 5.02 Å². The normalized spacial score (nSPS) is 13.0. The monoisotopic (exact) mass is 556 g/mol. The molecule has 0 aliphatic heterocycles. The third kappa shape index (κ3) is 6.79. The zero-order valence-electron chi connectivity index (χ0n) is 22.4. The van der Waals surface area contributed by atoms with Crippen molar-refractivity contribution in [2.75, 3.05) is 17.2 Å². The number of hydrogen-bond acceptors (Lipinski definition) is 9. The summed E-state index contributed by atoms with van der Waals surface area (Å²) >= 11 is 6.76. The number of halogens is 1. The number of rotatable bonds is 12. The lowest BCUT2D eigenvalue weighted by Crippen LogP contribution is -2.32. The minimum Gasteiger partial charge on any atom is -0.396 e. The van der Waals surface area contributed by atoms with E-state index < -0.39 is 6.04 Å². The zero-order valence-corrected chi connectivity index (χ0v) is 23.2. The number of nitrogens with two attached hydrogens (primary N) is 1. The van der Waals surface area contributed by atoms with E-state index in [1.807, 2.05) is 68.6 Å². The Labute approximate surface area is 239 Å². The van der Waals surface area contributed by atoms with Gasteiger partial charge in [-0.3, -0.25) is 15.8 Å². The first-order chi connectivity index (χ1) is 19.4. The van der Waals surface area contributed by atoms with Crippen molar-refractivity contribution in [1.29, 1.82) is 5.26 Å². The Hall–Kier alpha value is -4.36. The van der Waals surface area contributed by atoms with E-state index >= 15 is 0 Å². The number of nitrogens with zero attached hydrogens (tertiary/aromatic N) is 3. The predicted molar refractivity (Wildman–Crippen MR) is 160 cm³/mol. The Morgan fingerprint density at radius 1 is 1.10 bits per heavy atom. The van der Waals surface area contributed by atoms with Crippen molar-refractivity contribution in [2.24, 2.45) is 5.84 Å². The number of nitrogens with one attached hydrogen (secondary N) is 4. The van der Waals surface area contributed by atoms with Crippen molar-refractivity contribution < 1.29 is 5.11 Å². The molecule has 0 aliphatic rings. The van der Waals surface area contributed by atoms with Gasteiger partial charge in [-0.1, -0.05) is 48.0 Å². The topological polar surface area (TPSA) is 144 Å². The van der Waals surface area contributed by atoms with Crippen LogP contribution in [-0.2, 0) is 0 Å². The molecule has 2 aromatic heterocycles. The van der Waals surface area contributed by atoms with E-state index in [4.69, 9.17) is 17.4 Å². The van der Waals surface area contributed by atoms with Gasteiger partial charge in [-0.15, -0.1) is 0 Å². The first-order valence-electron chi connectivity index (χ1n) is 13.0. The summed E-state index contributed by atoms with van der Waals surface area (Å²) in [5, 5.41) is 31.1. The Morgan fingerprint density at radius 3 is 2.52 bits per heavy atom. The third-order valence-corrected chi connectivity index (χ3v) is 6.65. The summed E-state index contributed by atoms with van der Waals surface area (Å²) in [5.74, 6) is 5.95. The lowest BCUT2D eigenvalue weighted by Gasteiger charge is -2.25. The van der Waals surface area contributed by atoms with Crippen LogP contribution >= 0.6 is 11.6 Å². The fourth-order valence-corrected chi connectivity index (χ4v) is 4.68. The Balaban J connectivity index is 1.81. The molecule has 0 saturated heterocycles. The van der Waals surface area contributed by atoms with Gasteiger partial charge in [0.2, 0.25) is 0 Å². The second-order valence-electron chi connectivity index (χ2n) is 9.56. The number of pyridine rings is 2. The van der Waals surface area contributed by atoms with Gasteiger partial charge in [-0.2, -0.15) is 5.26 Å². The van der Waals surface area contributed by atoms with Crippen LogP contribution in [0, 0.1) is 11.3 Å². The van der Waals surface area contributed by atoms with E-state index in [9.17, 15) is 10.4 Å². The average molecular weight is 557 g/mol. The summed E-state index contributed by atoms with van der Waals surface area (Å²) in [5.41, 5.74) is 7.56. The van der Waals surface area contributed by atoms with E-state index in [1.54, 1.807) is 18.5 Å². The van der Waals surface area contributed by atoms with E-state index in [-0.39, 0.29) is 18.7 Å². The molecule has 2 atom stereocenters. The van der Waals surface area contributed by atoms with Crippen molar-refractivity contribution in [3.63, 3.8) is 0 Å². The number of anilines is 2. The van der Waals surface area contributed by atoms with Crippen LogP contribution in [0.3, 0.4) is 0 Å². The highest BCUT2D eigenvalue weighted by atomic mass is 35.5. The molecule has 0 spiro atoms. The number of aliphatic hydroxyl groups excluding tert-OH is 1. The molecule has 0 aliphatic carbocycles. The minimum absolute atomic E-state index is 0.0244. The van der Waals surface area contributed by atoms with Gasteiger partial charge >= 0.3 is 0 Å². The Morgan fingerprint density at radius 2 is 1.88 bits per heavy atom. The number of nitriles is 1.